The van der Waals surface area contributed by atoms with Crippen LogP contribution in [-0.4, -0.2) is 43.0 Å². The molecule has 2 aromatic carbocycles. The van der Waals surface area contributed by atoms with Gasteiger partial charge in [0.15, 0.2) is 6.10 Å². The molecule has 1 unspecified atom stereocenters. The fraction of sp³-hybridized carbons (Fsp3) is 0.308. The van der Waals surface area contributed by atoms with Crippen LogP contribution in [0, 0.1) is 12.8 Å². The normalized spacial score (nSPS) is 13.1. The van der Waals surface area contributed by atoms with Gasteiger partial charge in [-0.05, 0) is 49.8 Å². The standard InChI is InChI=1S/C24H24F7NO3.C2H2/c1-2-8-19(35-24(30,31)22(25)26)13-7-14-32(16-21(33)23(27,28)29)17-9-6-12-20(15-17)34-18-10-4-3-5-11-18;1-2/h2-6,8-13,15,21-22,33H,7,14,16H2,1H3;1-2H/b8-2-,19-13+;. The number of allylic oxidation sites excluding steroid dienone is 2. The number of anilines is 1. The zero-order valence-electron chi connectivity index (χ0n) is 19.7. The van der Waals surface area contributed by atoms with E-state index < -0.39 is 37.1 Å². The first-order valence-corrected chi connectivity index (χ1v) is 10.8. The summed E-state index contributed by atoms with van der Waals surface area (Å²) in [5.74, 6) is 0.225. The number of benzene rings is 2. The minimum Gasteiger partial charge on any atom is -0.457 e. The summed E-state index contributed by atoms with van der Waals surface area (Å²) in [7, 11) is 0. The number of para-hydroxylation sites is 1. The molecule has 0 amide bonds. The molecule has 1 N–H and O–H groups in total. The van der Waals surface area contributed by atoms with Gasteiger partial charge in [0.2, 0.25) is 0 Å². The van der Waals surface area contributed by atoms with E-state index in [2.05, 4.69) is 17.6 Å². The van der Waals surface area contributed by atoms with Crippen molar-refractivity contribution in [2.75, 3.05) is 18.0 Å². The van der Waals surface area contributed by atoms with Crippen molar-refractivity contribution >= 4 is 5.69 Å². The topological polar surface area (TPSA) is 41.9 Å². The largest absolute Gasteiger partial charge is 0.461 e. The molecule has 0 aromatic heterocycles. The van der Waals surface area contributed by atoms with Crippen molar-refractivity contribution in [3.63, 3.8) is 0 Å². The van der Waals surface area contributed by atoms with Gasteiger partial charge in [0.1, 0.15) is 17.3 Å². The van der Waals surface area contributed by atoms with Crippen LogP contribution in [0.4, 0.5) is 36.4 Å². The van der Waals surface area contributed by atoms with Crippen LogP contribution in [0.15, 0.2) is 78.6 Å². The Labute approximate surface area is 210 Å². The Bertz CT molecular complexity index is 1020. The van der Waals surface area contributed by atoms with E-state index in [0.29, 0.717) is 11.5 Å². The number of rotatable bonds is 12. The molecule has 0 saturated heterocycles. The molecule has 0 bridgehead atoms. The van der Waals surface area contributed by atoms with Gasteiger partial charge in [-0.1, -0.05) is 30.3 Å². The van der Waals surface area contributed by atoms with Crippen molar-refractivity contribution in [1.29, 1.82) is 0 Å². The fourth-order valence-electron chi connectivity index (χ4n) is 2.88. The van der Waals surface area contributed by atoms with Gasteiger partial charge in [-0.15, -0.1) is 12.8 Å². The Morgan fingerprint density at radius 1 is 1.00 bits per heavy atom. The molecule has 0 aliphatic rings. The average molecular weight is 533 g/mol. The van der Waals surface area contributed by atoms with Gasteiger partial charge in [-0.25, -0.2) is 0 Å². The van der Waals surface area contributed by atoms with E-state index in [4.69, 9.17) is 4.74 Å². The molecule has 37 heavy (non-hydrogen) atoms. The number of aliphatic hydroxyl groups is 1. The van der Waals surface area contributed by atoms with Crippen LogP contribution < -0.4 is 9.64 Å². The summed E-state index contributed by atoms with van der Waals surface area (Å²) in [5.41, 5.74) is 0.251. The first-order valence-electron chi connectivity index (χ1n) is 10.8. The first kappa shape index (κ1) is 31.4. The summed E-state index contributed by atoms with van der Waals surface area (Å²) in [5, 5.41) is 9.60. The van der Waals surface area contributed by atoms with E-state index in [1.165, 1.54) is 36.1 Å². The van der Waals surface area contributed by atoms with Gasteiger partial charge in [0.05, 0.1) is 6.54 Å². The van der Waals surface area contributed by atoms with Gasteiger partial charge in [0, 0.05) is 18.3 Å². The fourth-order valence-corrected chi connectivity index (χ4v) is 2.88. The van der Waals surface area contributed by atoms with Crippen LogP contribution in [0.5, 0.6) is 11.5 Å². The molecule has 2 aromatic rings. The van der Waals surface area contributed by atoms with Crippen LogP contribution >= 0.6 is 0 Å². The summed E-state index contributed by atoms with van der Waals surface area (Å²) >= 11 is 0. The van der Waals surface area contributed by atoms with Crippen LogP contribution in [0.2, 0.25) is 0 Å². The quantitative estimate of drug-likeness (QED) is 0.136. The third-order valence-electron chi connectivity index (χ3n) is 4.52. The van der Waals surface area contributed by atoms with Crippen LogP contribution in [0.3, 0.4) is 0 Å². The van der Waals surface area contributed by atoms with E-state index >= 15 is 0 Å². The molecule has 202 valence electrons. The maximum absolute atomic E-state index is 13.3. The van der Waals surface area contributed by atoms with E-state index in [1.807, 2.05) is 0 Å². The van der Waals surface area contributed by atoms with Crippen molar-refractivity contribution in [2.24, 2.45) is 0 Å². The summed E-state index contributed by atoms with van der Waals surface area (Å²) in [6.45, 7) is 0.396. The Hall–Kier alpha value is -3.65. The van der Waals surface area contributed by atoms with Crippen molar-refractivity contribution in [3.05, 3.63) is 78.6 Å². The Morgan fingerprint density at radius 2 is 1.62 bits per heavy atom. The molecule has 1 atom stereocenters. The molecule has 0 aliphatic heterocycles. The number of hydrogen-bond acceptors (Lipinski definition) is 4. The lowest BCUT2D eigenvalue weighted by atomic mass is 10.2. The Kier molecular flexibility index (Phi) is 12.6. The number of halogens is 7. The van der Waals surface area contributed by atoms with E-state index in [-0.39, 0.29) is 18.7 Å². The van der Waals surface area contributed by atoms with E-state index in [0.717, 1.165) is 12.2 Å². The highest BCUT2D eigenvalue weighted by Gasteiger charge is 2.44. The third kappa shape index (κ3) is 10.9. The van der Waals surface area contributed by atoms with Crippen LogP contribution in [0.25, 0.3) is 0 Å². The number of ether oxygens (including phenoxy) is 2. The average Bonchev–Trinajstić information content (AvgIpc) is 2.84. The first-order chi connectivity index (χ1) is 17.4. The highest BCUT2D eigenvalue weighted by atomic mass is 19.4. The second-order valence-electron chi connectivity index (χ2n) is 7.28. The highest BCUT2D eigenvalue weighted by molar-refractivity contribution is 5.52. The maximum atomic E-state index is 13.3. The minimum absolute atomic E-state index is 0.159. The molecular weight excluding hydrogens is 507 g/mol. The number of nitrogens with zero attached hydrogens (tertiary/aromatic N) is 1. The number of hydrogen-bond donors (Lipinski definition) is 1. The molecule has 4 nitrogen and oxygen atoms in total. The van der Waals surface area contributed by atoms with Gasteiger partial charge < -0.3 is 19.5 Å². The predicted octanol–water partition coefficient (Wildman–Crippen LogP) is 7.18. The lowest BCUT2D eigenvalue weighted by Crippen LogP contribution is -2.41. The Morgan fingerprint density at radius 3 is 2.19 bits per heavy atom. The smallest absolute Gasteiger partial charge is 0.457 e. The number of alkyl halides is 7. The molecule has 0 spiro atoms. The van der Waals surface area contributed by atoms with Crippen molar-refractivity contribution < 1.29 is 45.3 Å². The summed E-state index contributed by atoms with van der Waals surface area (Å²) < 4.78 is 100. The lowest BCUT2D eigenvalue weighted by Gasteiger charge is -2.28. The van der Waals surface area contributed by atoms with Crippen LogP contribution in [-0.2, 0) is 4.74 Å². The predicted molar refractivity (Wildman–Crippen MR) is 127 cm³/mol. The zero-order chi connectivity index (χ0) is 28.1. The second-order valence-corrected chi connectivity index (χ2v) is 7.28. The summed E-state index contributed by atoms with van der Waals surface area (Å²) in [4.78, 5) is 1.17. The molecule has 0 fully saturated rings. The zero-order valence-corrected chi connectivity index (χ0v) is 19.7. The number of terminal acetylenes is 1. The SMILES string of the molecule is C#C.C/C=C\C(=C/CCN(CC(O)C(F)(F)F)c1cccc(Oc2ccccc2)c1)OC(F)(F)C(F)F. The molecular formula is C26H26F7NO3. The second kappa shape index (κ2) is 14.8. The molecule has 0 heterocycles. The maximum Gasteiger partial charge on any atom is 0.461 e. The van der Waals surface area contributed by atoms with Crippen molar-refractivity contribution in [2.45, 2.75) is 38.2 Å². The molecule has 0 radical (unpaired) electrons. The van der Waals surface area contributed by atoms with E-state index in [1.54, 1.807) is 36.4 Å². The van der Waals surface area contributed by atoms with Gasteiger partial charge in [-0.2, -0.15) is 30.7 Å². The highest BCUT2D eigenvalue weighted by Crippen LogP contribution is 2.30. The summed E-state index contributed by atoms with van der Waals surface area (Å²) in [6.07, 6.45) is -5.20. The van der Waals surface area contributed by atoms with Crippen LogP contribution in [0.1, 0.15) is 13.3 Å². The Balaban J connectivity index is 0.00000334. The van der Waals surface area contributed by atoms with Crippen molar-refractivity contribution in [3.8, 4) is 24.3 Å². The lowest BCUT2D eigenvalue weighted by molar-refractivity contribution is -0.279. The van der Waals surface area contributed by atoms with Gasteiger partial charge >= 0.3 is 18.7 Å². The van der Waals surface area contributed by atoms with Crippen molar-refractivity contribution in [1.82, 2.24) is 0 Å². The van der Waals surface area contributed by atoms with Gasteiger partial charge in [-0.3, -0.25) is 0 Å². The molecule has 11 heteroatoms. The summed E-state index contributed by atoms with van der Waals surface area (Å²) in [6, 6.07) is 14.7. The van der Waals surface area contributed by atoms with Gasteiger partial charge in [0.25, 0.3) is 0 Å². The molecule has 0 aliphatic carbocycles. The minimum atomic E-state index is -4.90. The monoisotopic (exact) mass is 533 g/mol. The van der Waals surface area contributed by atoms with E-state index in [9.17, 15) is 35.8 Å². The number of aliphatic hydroxyl groups excluding tert-OH is 1. The molecule has 2 rings (SSSR count). The molecule has 0 saturated carbocycles. The third-order valence-corrected chi connectivity index (χ3v) is 4.52.